The van der Waals surface area contributed by atoms with Crippen molar-refractivity contribution in [3.8, 4) is 5.75 Å². The van der Waals surface area contributed by atoms with Crippen molar-refractivity contribution in [3.05, 3.63) is 28.5 Å². The van der Waals surface area contributed by atoms with Crippen molar-refractivity contribution >= 4 is 27.8 Å². The van der Waals surface area contributed by atoms with Crippen LogP contribution in [-0.2, 0) is 19.1 Å². The summed E-state index contributed by atoms with van der Waals surface area (Å²) in [5, 5.41) is 2.64. The summed E-state index contributed by atoms with van der Waals surface area (Å²) >= 11 is 3.12. The van der Waals surface area contributed by atoms with Gasteiger partial charge in [0.15, 0.2) is 13.2 Å². The lowest BCUT2D eigenvalue weighted by Crippen LogP contribution is -2.35. The van der Waals surface area contributed by atoms with Gasteiger partial charge in [-0.3, -0.25) is 4.79 Å². The van der Waals surface area contributed by atoms with Crippen molar-refractivity contribution in [2.75, 3.05) is 26.4 Å². The molecular formula is C15H17BrFNO5. The summed E-state index contributed by atoms with van der Waals surface area (Å²) in [6.07, 6.45) is 1.94. The molecule has 2 rings (SSSR count). The molecule has 0 spiro atoms. The number of benzene rings is 1. The lowest BCUT2D eigenvalue weighted by atomic mass is 10.2. The smallest absolute Gasteiger partial charge is 0.344 e. The van der Waals surface area contributed by atoms with E-state index in [2.05, 4.69) is 21.2 Å². The molecule has 0 aromatic heterocycles. The normalized spacial score (nSPS) is 16.9. The molecule has 0 unspecified atom stereocenters. The molecule has 1 aromatic carbocycles. The van der Waals surface area contributed by atoms with E-state index < -0.39 is 17.7 Å². The minimum atomic E-state index is -0.687. The van der Waals surface area contributed by atoms with Gasteiger partial charge in [-0.25, -0.2) is 9.18 Å². The summed E-state index contributed by atoms with van der Waals surface area (Å²) in [6, 6.07) is 3.82. The van der Waals surface area contributed by atoms with Gasteiger partial charge in [-0.15, -0.1) is 0 Å². The number of hydrogen-bond donors (Lipinski definition) is 1. The second kappa shape index (κ2) is 8.83. The molecule has 1 aliphatic rings. The van der Waals surface area contributed by atoms with Gasteiger partial charge in [0, 0.05) is 13.2 Å². The number of carbonyl (C=O) groups excluding carboxylic acids is 2. The minimum absolute atomic E-state index is 0.0359. The highest BCUT2D eigenvalue weighted by Crippen LogP contribution is 2.25. The fourth-order valence-corrected chi connectivity index (χ4v) is 2.47. The molecule has 126 valence electrons. The van der Waals surface area contributed by atoms with Crippen LogP contribution < -0.4 is 10.1 Å². The van der Waals surface area contributed by atoms with E-state index in [0.29, 0.717) is 23.4 Å². The molecule has 0 aliphatic carbocycles. The van der Waals surface area contributed by atoms with E-state index in [9.17, 15) is 14.0 Å². The van der Waals surface area contributed by atoms with Crippen LogP contribution in [-0.4, -0.2) is 44.3 Å². The standard InChI is InChI=1S/C15H17BrFNO5/c16-12-6-10(17)3-4-13(12)22-9-15(20)23-8-14(19)18-7-11-2-1-5-21-11/h3-4,6,11H,1-2,5,7-9H2,(H,18,19)/t11-/m0/s1. The number of esters is 1. The van der Waals surface area contributed by atoms with Crippen LogP contribution in [0.1, 0.15) is 12.8 Å². The highest BCUT2D eigenvalue weighted by molar-refractivity contribution is 9.10. The summed E-state index contributed by atoms with van der Waals surface area (Å²) < 4.78 is 28.6. The number of hydrogen-bond acceptors (Lipinski definition) is 5. The first kappa shape index (κ1) is 17.7. The van der Waals surface area contributed by atoms with E-state index in [1.807, 2.05) is 0 Å². The number of halogens is 2. The van der Waals surface area contributed by atoms with Crippen LogP contribution in [0.4, 0.5) is 4.39 Å². The number of rotatable bonds is 7. The average molecular weight is 390 g/mol. The summed E-state index contributed by atoms with van der Waals surface area (Å²) in [7, 11) is 0. The van der Waals surface area contributed by atoms with Crippen LogP contribution in [0, 0.1) is 5.82 Å². The Labute approximate surface area is 141 Å². The Morgan fingerprint density at radius 2 is 2.22 bits per heavy atom. The zero-order chi connectivity index (χ0) is 16.7. The summed E-state index contributed by atoms with van der Waals surface area (Å²) in [6.45, 7) is 0.379. The Morgan fingerprint density at radius 3 is 2.91 bits per heavy atom. The summed E-state index contributed by atoms with van der Waals surface area (Å²) in [5.41, 5.74) is 0. The van der Waals surface area contributed by atoms with Gasteiger partial charge in [-0.2, -0.15) is 0 Å². The largest absolute Gasteiger partial charge is 0.481 e. The molecule has 8 heteroatoms. The fraction of sp³-hybridized carbons (Fsp3) is 0.467. The van der Waals surface area contributed by atoms with Crippen molar-refractivity contribution in [2.45, 2.75) is 18.9 Å². The van der Waals surface area contributed by atoms with Crippen molar-refractivity contribution in [1.29, 1.82) is 0 Å². The Morgan fingerprint density at radius 1 is 1.39 bits per heavy atom. The van der Waals surface area contributed by atoms with E-state index in [-0.39, 0.29) is 19.3 Å². The van der Waals surface area contributed by atoms with Gasteiger partial charge in [-0.1, -0.05) is 0 Å². The van der Waals surface area contributed by atoms with Crippen LogP contribution in [0.15, 0.2) is 22.7 Å². The monoisotopic (exact) mass is 389 g/mol. The van der Waals surface area contributed by atoms with Crippen LogP contribution in [0.5, 0.6) is 5.75 Å². The van der Waals surface area contributed by atoms with E-state index in [1.165, 1.54) is 18.2 Å². The fourth-order valence-electron chi connectivity index (χ4n) is 2.00. The molecule has 1 amide bonds. The second-order valence-corrected chi connectivity index (χ2v) is 5.82. The average Bonchev–Trinajstić information content (AvgIpc) is 3.03. The van der Waals surface area contributed by atoms with Gasteiger partial charge < -0.3 is 19.5 Å². The first-order chi connectivity index (χ1) is 11.0. The van der Waals surface area contributed by atoms with E-state index >= 15 is 0 Å². The van der Waals surface area contributed by atoms with Gasteiger partial charge in [0.2, 0.25) is 0 Å². The molecule has 0 bridgehead atoms. The van der Waals surface area contributed by atoms with Crippen molar-refractivity contribution in [1.82, 2.24) is 5.32 Å². The number of nitrogens with one attached hydrogen (secondary N) is 1. The highest BCUT2D eigenvalue weighted by Gasteiger charge is 2.16. The molecule has 1 N–H and O–H groups in total. The maximum absolute atomic E-state index is 12.9. The molecule has 1 atom stereocenters. The highest BCUT2D eigenvalue weighted by atomic mass is 79.9. The van der Waals surface area contributed by atoms with E-state index in [0.717, 1.165) is 12.8 Å². The molecule has 1 fully saturated rings. The zero-order valence-corrected chi connectivity index (χ0v) is 13.9. The molecule has 1 saturated heterocycles. The van der Waals surface area contributed by atoms with Crippen LogP contribution in [0.3, 0.4) is 0 Å². The van der Waals surface area contributed by atoms with Gasteiger partial charge in [0.05, 0.1) is 10.6 Å². The first-order valence-corrected chi connectivity index (χ1v) is 7.95. The molecule has 0 saturated carbocycles. The quantitative estimate of drug-likeness (QED) is 0.719. The zero-order valence-electron chi connectivity index (χ0n) is 12.3. The SMILES string of the molecule is O=C(COC(=O)COc1ccc(F)cc1Br)NC[C@@H]1CCCO1. The van der Waals surface area contributed by atoms with Gasteiger partial charge in [-0.05, 0) is 47.0 Å². The summed E-state index contributed by atoms with van der Waals surface area (Å²) in [5.74, 6) is -1.19. The second-order valence-electron chi connectivity index (χ2n) is 4.96. The predicted octanol–water partition coefficient (Wildman–Crippen LogP) is 1.81. The third-order valence-corrected chi connectivity index (χ3v) is 3.77. The molecular weight excluding hydrogens is 373 g/mol. The molecule has 1 aromatic rings. The third kappa shape index (κ3) is 6.15. The number of carbonyl (C=O) groups is 2. The van der Waals surface area contributed by atoms with Gasteiger partial charge >= 0.3 is 5.97 Å². The Hall–Kier alpha value is -1.67. The Bertz CT molecular complexity index is 563. The maximum Gasteiger partial charge on any atom is 0.344 e. The minimum Gasteiger partial charge on any atom is -0.481 e. The molecule has 1 heterocycles. The lowest BCUT2D eigenvalue weighted by Gasteiger charge is -2.11. The Kier molecular flexibility index (Phi) is 6.79. The van der Waals surface area contributed by atoms with Crippen LogP contribution in [0.25, 0.3) is 0 Å². The number of amides is 1. The molecule has 6 nitrogen and oxygen atoms in total. The van der Waals surface area contributed by atoms with E-state index in [1.54, 1.807) is 0 Å². The van der Waals surface area contributed by atoms with Gasteiger partial charge in [0.25, 0.3) is 5.91 Å². The van der Waals surface area contributed by atoms with E-state index in [4.69, 9.17) is 14.2 Å². The Balaban J connectivity index is 1.63. The number of ether oxygens (including phenoxy) is 3. The van der Waals surface area contributed by atoms with Crippen molar-refractivity contribution in [3.63, 3.8) is 0 Å². The molecule has 0 radical (unpaired) electrons. The first-order valence-electron chi connectivity index (χ1n) is 7.16. The van der Waals surface area contributed by atoms with Crippen molar-refractivity contribution in [2.24, 2.45) is 0 Å². The topological polar surface area (TPSA) is 73.9 Å². The van der Waals surface area contributed by atoms with Crippen LogP contribution in [0.2, 0.25) is 0 Å². The van der Waals surface area contributed by atoms with Crippen molar-refractivity contribution < 1.29 is 28.2 Å². The molecule has 1 aliphatic heterocycles. The van der Waals surface area contributed by atoms with Gasteiger partial charge in [0.1, 0.15) is 11.6 Å². The predicted molar refractivity (Wildman–Crippen MR) is 82.5 cm³/mol. The van der Waals surface area contributed by atoms with Crippen LogP contribution >= 0.6 is 15.9 Å². The maximum atomic E-state index is 12.9. The summed E-state index contributed by atoms with van der Waals surface area (Å²) in [4.78, 5) is 23.1. The molecule has 23 heavy (non-hydrogen) atoms. The third-order valence-electron chi connectivity index (χ3n) is 3.15. The lowest BCUT2D eigenvalue weighted by molar-refractivity contribution is -0.150.